The maximum Gasteiger partial charge on any atom is 0.306 e. The molecule has 0 fully saturated rings. The van der Waals surface area contributed by atoms with E-state index in [-0.39, 0.29) is 31.1 Å². The fourth-order valence-corrected chi connectivity index (χ4v) is 8.36. The molecule has 6 heteroatoms. The minimum Gasteiger partial charge on any atom is -0.462 e. The summed E-state index contributed by atoms with van der Waals surface area (Å²) in [7, 11) is 0. The molecule has 0 aliphatic rings. The molecule has 0 aromatic rings. The summed E-state index contributed by atoms with van der Waals surface area (Å²) in [5.74, 6) is -0.992. The van der Waals surface area contributed by atoms with Crippen LogP contribution in [0.4, 0.5) is 0 Å². The van der Waals surface area contributed by atoms with Crippen LogP contribution in [0.15, 0.2) is 170 Å². The minimum atomic E-state index is -0.822. The van der Waals surface area contributed by atoms with Crippen LogP contribution in [0.3, 0.4) is 0 Å². The Bertz CT molecular complexity index is 1860. The zero-order chi connectivity index (χ0) is 58.5. The standard InChI is InChI=1S/C75H118O6/c1-4-7-10-13-16-19-22-25-28-30-32-34-35-36-37-38-39-41-42-44-47-50-53-56-59-62-65-68-74(77)80-71-72(70-79-73(76)67-64-61-58-55-52-49-46-27-24-21-18-15-12-9-6-3)81-75(78)69-66-63-60-57-54-51-48-45-43-40-33-31-29-26-23-20-17-14-11-8-5-2/h7,9-10,12,16,18-19,21,23,25-28,31-34,36-37,39,41,43-47,52,55,72H,4-6,8,11,13-15,17,20,22,24,29-30,35,38,40,42,48-51,53-54,56-71H2,1-3H3/b10-7-,12-9-,19-16-,21-18-,26-23-,28-25-,33-31-,34-32-,37-36-,41-39-,45-43-,46-27-,47-44-,55-52-. The van der Waals surface area contributed by atoms with E-state index in [1.165, 1.54) is 51.4 Å². The monoisotopic (exact) mass is 1110 g/mol. The third kappa shape index (κ3) is 65.5. The first-order chi connectivity index (χ1) is 40.0. The van der Waals surface area contributed by atoms with E-state index in [0.717, 1.165) is 167 Å². The number of hydrogen-bond donors (Lipinski definition) is 0. The predicted octanol–water partition coefficient (Wildman–Crippen LogP) is 22.7. The Morgan fingerprint density at radius 2 is 0.481 bits per heavy atom. The van der Waals surface area contributed by atoms with Crippen LogP contribution in [0.2, 0.25) is 0 Å². The summed E-state index contributed by atoms with van der Waals surface area (Å²) in [5.41, 5.74) is 0. The Morgan fingerprint density at radius 1 is 0.259 bits per heavy atom. The maximum absolute atomic E-state index is 12.9. The van der Waals surface area contributed by atoms with Crippen molar-refractivity contribution in [3.63, 3.8) is 0 Å². The van der Waals surface area contributed by atoms with Gasteiger partial charge >= 0.3 is 17.9 Å². The highest BCUT2D eigenvalue weighted by Gasteiger charge is 2.19. The molecular weight excluding hydrogens is 997 g/mol. The fraction of sp³-hybridized carbons (Fsp3) is 0.587. The van der Waals surface area contributed by atoms with Crippen molar-refractivity contribution in [3.8, 4) is 0 Å². The molecule has 0 heterocycles. The molecule has 0 radical (unpaired) electrons. The molecule has 0 aromatic carbocycles. The number of esters is 3. The smallest absolute Gasteiger partial charge is 0.306 e. The van der Waals surface area contributed by atoms with Gasteiger partial charge in [0.15, 0.2) is 6.10 Å². The Balaban J connectivity index is 4.50. The topological polar surface area (TPSA) is 78.9 Å². The van der Waals surface area contributed by atoms with Crippen molar-refractivity contribution < 1.29 is 28.6 Å². The van der Waals surface area contributed by atoms with E-state index in [1.807, 2.05) is 0 Å². The summed E-state index contributed by atoms with van der Waals surface area (Å²) in [6.07, 6.45) is 99.3. The van der Waals surface area contributed by atoms with Crippen molar-refractivity contribution in [2.24, 2.45) is 0 Å². The normalized spacial score (nSPS) is 13.3. The summed E-state index contributed by atoms with van der Waals surface area (Å²) >= 11 is 0. The molecule has 0 saturated heterocycles. The highest BCUT2D eigenvalue weighted by Crippen LogP contribution is 2.13. The van der Waals surface area contributed by atoms with E-state index in [4.69, 9.17) is 14.2 Å². The first-order valence-corrected chi connectivity index (χ1v) is 32.6. The Hall–Kier alpha value is -5.23. The van der Waals surface area contributed by atoms with Gasteiger partial charge in [-0.15, -0.1) is 0 Å². The van der Waals surface area contributed by atoms with E-state index < -0.39 is 6.10 Å². The molecule has 0 amide bonds. The van der Waals surface area contributed by atoms with Crippen LogP contribution in [0.1, 0.15) is 265 Å². The average Bonchev–Trinajstić information content (AvgIpc) is 3.47. The van der Waals surface area contributed by atoms with Gasteiger partial charge in [0.25, 0.3) is 0 Å². The van der Waals surface area contributed by atoms with Crippen LogP contribution in [-0.2, 0) is 28.6 Å². The second-order valence-corrected chi connectivity index (χ2v) is 20.9. The Kier molecular flexibility index (Phi) is 62.9. The van der Waals surface area contributed by atoms with Gasteiger partial charge in [-0.3, -0.25) is 14.4 Å². The molecule has 0 aliphatic heterocycles. The number of rotatable bonds is 57. The number of ether oxygens (including phenoxy) is 3. The molecule has 0 spiro atoms. The van der Waals surface area contributed by atoms with Crippen LogP contribution in [-0.4, -0.2) is 37.2 Å². The number of unbranched alkanes of at least 4 members (excludes halogenated alkanes) is 18. The quantitative estimate of drug-likeness (QED) is 0.0261. The molecule has 0 bridgehead atoms. The van der Waals surface area contributed by atoms with Crippen molar-refractivity contribution in [3.05, 3.63) is 170 Å². The molecular formula is C75H118O6. The number of carbonyl (C=O) groups excluding carboxylic acids is 3. The lowest BCUT2D eigenvalue weighted by Gasteiger charge is -2.18. The van der Waals surface area contributed by atoms with Gasteiger partial charge in [-0.25, -0.2) is 0 Å². The van der Waals surface area contributed by atoms with Gasteiger partial charge in [0.1, 0.15) is 13.2 Å². The second kappa shape index (κ2) is 67.3. The number of carbonyl (C=O) groups is 3. The third-order valence-corrected chi connectivity index (χ3v) is 13.2. The summed E-state index contributed by atoms with van der Waals surface area (Å²) in [5, 5.41) is 0. The second-order valence-electron chi connectivity index (χ2n) is 20.9. The van der Waals surface area contributed by atoms with E-state index in [9.17, 15) is 14.4 Å². The Labute approximate surface area is 498 Å². The van der Waals surface area contributed by atoms with Crippen LogP contribution in [0.25, 0.3) is 0 Å². The zero-order valence-electron chi connectivity index (χ0n) is 52.0. The van der Waals surface area contributed by atoms with Crippen molar-refractivity contribution in [2.45, 2.75) is 271 Å². The molecule has 81 heavy (non-hydrogen) atoms. The van der Waals surface area contributed by atoms with Crippen molar-refractivity contribution in [1.82, 2.24) is 0 Å². The minimum absolute atomic E-state index is 0.115. The van der Waals surface area contributed by atoms with E-state index in [2.05, 4.69) is 191 Å². The van der Waals surface area contributed by atoms with Gasteiger partial charge in [-0.05, 0) is 154 Å². The molecule has 0 N–H and O–H groups in total. The summed E-state index contributed by atoms with van der Waals surface area (Å²) in [4.78, 5) is 38.4. The summed E-state index contributed by atoms with van der Waals surface area (Å²) in [6, 6.07) is 0. The van der Waals surface area contributed by atoms with Crippen LogP contribution in [0, 0.1) is 0 Å². The first kappa shape index (κ1) is 75.8. The first-order valence-electron chi connectivity index (χ1n) is 32.6. The highest BCUT2D eigenvalue weighted by atomic mass is 16.6. The van der Waals surface area contributed by atoms with E-state index in [0.29, 0.717) is 25.7 Å². The molecule has 0 aromatic heterocycles. The largest absolute Gasteiger partial charge is 0.462 e. The van der Waals surface area contributed by atoms with Gasteiger partial charge in [0.05, 0.1) is 0 Å². The molecule has 454 valence electrons. The highest BCUT2D eigenvalue weighted by molar-refractivity contribution is 5.71. The molecule has 1 atom stereocenters. The Morgan fingerprint density at radius 3 is 0.778 bits per heavy atom. The molecule has 0 aliphatic carbocycles. The SMILES string of the molecule is CC/C=C\C/C=C\C/C=C\C/C=C\C/C=C\C/C=C\C/C=C\CCCCCCCC(=O)OCC(COC(=O)CCCC/C=C\C/C=C\C/C=C\C/C=C\CC)OC(=O)CCCCCCCC/C=C\C/C=C\C/C=C\CCCCCCC. The lowest BCUT2D eigenvalue weighted by Crippen LogP contribution is -2.30. The van der Waals surface area contributed by atoms with Gasteiger partial charge in [-0.1, -0.05) is 262 Å². The predicted molar refractivity (Wildman–Crippen MR) is 352 cm³/mol. The lowest BCUT2D eigenvalue weighted by molar-refractivity contribution is -0.167. The zero-order valence-corrected chi connectivity index (χ0v) is 52.0. The van der Waals surface area contributed by atoms with Crippen molar-refractivity contribution in [2.75, 3.05) is 13.2 Å². The van der Waals surface area contributed by atoms with Gasteiger partial charge in [0, 0.05) is 19.3 Å². The lowest BCUT2D eigenvalue weighted by atomic mass is 10.1. The summed E-state index contributed by atoms with van der Waals surface area (Å²) < 4.78 is 16.9. The van der Waals surface area contributed by atoms with Crippen LogP contribution >= 0.6 is 0 Å². The number of hydrogen-bond acceptors (Lipinski definition) is 6. The molecule has 0 rings (SSSR count). The van der Waals surface area contributed by atoms with E-state index >= 15 is 0 Å². The number of allylic oxidation sites excluding steroid dienone is 28. The van der Waals surface area contributed by atoms with Crippen LogP contribution in [0.5, 0.6) is 0 Å². The molecule has 6 nitrogen and oxygen atoms in total. The van der Waals surface area contributed by atoms with Crippen LogP contribution < -0.4 is 0 Å². The average molecular weight is 1120 g/mol. The van der Waals surface area contributed by atoms with Gasteiger partial charge < -0.3 is 14.2 Å². The fourth-order valence-electron chi connectivity index (χ4n) is 8.36. The molecule has 0 saturated carbocycles. The third-order valence-electron chi connectivity index (χ3n) is 13.2. The van der Waals surface area contributed by atoms with Crippen molar-refractivity contribution in [1.29, 1.82) is 0 Å². The summed E-state index contributed by atoms with van der Waals surface area (Å²) in [6.45, 7) is 6.33. The maximum atomic E-state index is 12.9. The van der Waals surface area contributed by atoms with Gasteiger partial charge in [-0.2, -0.15) is 0 Å². The van der Waals surface area contributed by atoms with Gasteiger partial charge in [0.2, 0.25) is 0 Å². The molecule has 1 unspecified atom stereocenters. The van der Waals surface area contributed by atoms with E-state index in [1.54, 1.807) is 0 Å². The van der Waals surface area contributed by atoms with Crippen molar-refractivity contribution >= 4 is 17.9 Å².